The van der Waals surface area contributed by atoms with Gasteiger partial charge in [-0.25, -0.2) is 4.98 Å². The highest BCUT2D eigenvalue weighted by Gasteiger charge is 2.20. The number of carbonyl (C=O) groups is 1. The Kier molecular flexibility index (Phi) is 5.97. The Labute approximate surface area is 190 Å². The molecule has 0 bridgehead atoms. The number of fused-ring (bicyclic) bond motifs is 1. The van der Waals surface area contributed by atoms with Gasteiger partial charge >= 0.3 is 0 Å². The molecular weight excluding hydrogens is 420 g/mol. The van der Waals surface area contributed by atoms with Crippen molar-refractivity contribution in [3.05, 3.63) is 66.6 Å². The largest absolute Gasteiger partial charge is 0.439 e. The topological polar surface area (TPSA) is 107 Å². The number of hydrogen-bond donors (Lipinski definition) is 2. The lowest BCUT2D eigenvalue weighted by atomic mass is 10.2. The third-order valence-electron chi connectivity index (χ3n) is 5.73. The van der Waals surface area contributed by atoms with E-state index in [1.165, 1.54) is 0 Å². The summed E-state index contributed by atoms with van der Waals surface area (Å²) in [5.74, 6) is 1.00. The number of pyridine rings is 2. The van der Waals surface area contributed by atoms with E-state index >= 15 is 0 Å². The molecule has 0 aliphatic carbocycles. The predicted molar refractivity (Wildman–Crippen MR) is 123 cm³/mol. The molecule has 0 atom stereocenters. The van der Waals surface area contributed by atoms with Gasteiger partial charge in [-0.05, 0) is 36.4 Å². The van der Waals surface area contributed by atoms with Gasteiger partial charge in [-0.15, -0.1) is 0 Å². The third kappa shape index (κ3) is 4.84. The molecule has 33 heavy (non-hydrogen) atoms. The molecule has 3 aromatic heterocycles. The Morgan fingerprint density at radius 2 is 1.94 bits per heavy atom. The first-order valence-corrected chi connectivity index (χ1v) is 10.8. The van der Waals surface area contributed by atoms with Crippen molar-refractivity contribution in [1.82, 2.24) is 30.0 Å². The number of aliphatic hydroxyl groups excluding tert-OH is 1. The fourth-order valence-electron chi connectivity index (χ4n) is 3.92. The first-order chi connectivity index (χ1) is 16.2. The molecule has 0 radical (unpaired) electrons. The zero-order chi connectivity index (χ0) is 22.6. The minimum absolute atomic E-state index is 0.208. The van der Waals surface area contributed by atoms with Crippen LogP contribution in [0, 0.1) is 0 Å². The molecule has 1 saturated heterocycles. The van der Waals surface area contributed by atoms with Crippen molar-refractivity contribution in [2.75, 3.05) is 32.8 Å². The van der Waals surface area contributed by atoms with Crippen LogP contribution in [0.2, 0.25) is 0 Å². The van der Waals surface area contributed by atoms with Crippen molar-refractivity contribution < 1.29 is 14.6 Å². The van der Waals surface area contributed by atoms with Crippen LogP contribution in [0.15, 0.2) is 60.9 Å². The highest BCUT2D eigenvalue weighted by Crippen LogP contribution is 2.26. The van der Waals surface area contributed by atoms with E-state index in [9.17, 15) is 4.79 Å². The number of carbonyl (C=O) groups excluding carboxylic acids is 1. The first kappa shape index (κ1) is 21.0. The van der Waals surface area contributed by atoms with E-state index in [0.717, 1.165) is 47.5 Å². The number of nitrogens with one attached hydrogen (secondary N) is 1. The van der Waals surface area contributed by atoms with Crippen molar-refractivity contribution in [2.24, 2.45) is 0 Å². The summed E-state index contributed by atoms with van der Waals surface area (Å²) in [6, 6.07) is 15.5. The zero-order valence-corrected chi connectivity index (χ0v) is 18.0. The molecule has 1 fully saturated rings. The van der Waals surface area contributed by atoms with Crippen LogP contribution in [0.1, 0.15) is 5.69 Å². The number of aliphatic hydroxyl groups is 1. The van der Waals surface area contributed by atoms with E-state index < -0.39 is 6.61 Å². The molecule has 9 nitrogen and oxygen atoms in total. The number of piperazine rings is 1. The third-order valence-corrected chi connectivity index (χ3v) is 5.73. The van der Waals surface area contributed by atoms with Crippen LogP contribution in [0.4, 0.5) is 0 Å². The van der Waals surface area contributed by atoms with Gasteiger partial charge < -0.3 is 14.7 Å². The molecule has 0 unspecified atom stereocenters. The van der Waals surface area contributed by atoms with E-state index in [2.05, 4.69) is 20.1 Å². The number of aromatic nitrogens is 4. The minimum atomic E-state index is -0.426. The number of benzene rings is 1. The maximum Gasteiger partial charge on any atom is 0.248 e. The summed E-state index contributed by atoms with van der Waals surface area (Å²) in [7, 11) is 0. The van der Waals surface area contributed by atoms with Crippen LogP contribution in [0.3, 0.4) is 0 Å². The van der Waals surface area contributed by atoms with Gasteiger partial charge in [-0.1, -0.05) is 6.07 Å². The van der Waals surface area contributed by atoms with Crippen molar-refractivity contribution in [2.45, 2.75) is 6.54 Å². The number of aromatic amines is 1. The molecule has 5 rings (SSSR count). The van der Waals surface area contributed by atoms with Crippen LogP contribution in [-0.2, 0) is 11.3 Å². The second-order valence-electron chi connectivity index (χ2n) is 7.93. The average Bonchev–Trinajstić information content (AvgIpc) is 3.40. The number of hydrogen-bond acceptors (Lipinski definition) is 7. The van der Waals surface area contributed by atoms with Gasteiger partial charge in [-0.3, -0.25) is 19.8 Å². The molecule has 4 heterocycles. The Morgan fingerprint density at radius 1 is 1.06 bits per heavy atom. The number of ether oxygens (including phenoxy) is 1. The van der Waals surface area contributed by atoms with Gasteiger partial charge in [0.15, 0.2) is 0 Å². The molecule has 0 saturated carbocycles. The Hall–Kier alpha value is -3.82. The molecule has 1 aliphatic heterocycles. The van der Waals surface area contributed by atoms with Gasteiger partial charge in [0.25, 0.3) is 0 Å². The van der Waals surface area contributed by atoms with E-state index in [-0.39, 0.29) is 5.91 Å². The normalized spacial score (nSPS) is 14.5. The standard InChI is InChI=1S/C24H24N6O3/c31-16-24(32)30-11-9-29(10-12-30)15-19-3-1-17-13-20(4-5-21(17)27-19)33-23-6-2-18(14-25-23)22-7-8-26-28-22/h1-8,13-14,31H,9-12,15-16H2,(H,26,28). The van der Waals surface area contributed by atoms with E-state index in [0.29, 0.717) is 24.7 Å². The quantitative estimate of drug-likeness (QED) is 0.470. The second kappa shape index (κ2) is 9.35. The lowest BCUT2D eigenvalue weighted by molar-refractivity contribution is -0.136. The molecule has 9 heteroatoms. The molecular formula is C24H24N6O3. The van der Waals surface area contributed by atoms with E-state index in [1.807, 2.05) is 48.5 Å². The molecule has 0 spiro atoms. The van der Waals surface area contributed by atoms with Gasteiger partial charge in [0.2, 0.25) is 11.8 Å². The summed E-state index contributed by atoms with van der Waals surface area (Å²) in [5.41, 5.74) is 3.73. The Bertz CT molecular complexity index is 1240. The van der Waals surface area contributed by atoms with Gasteiger partial charge in [0.1, 0.15) is 12.4 Å². The first-order valence-electron chi connectivity index (χ1n) is 10.8. The predicted octanol–water partition coefficient (Wildman–Crippen LogP) is 2.45. The summed E-state index contributed by atoms with van der Waals surface area (Å²) in [5, 5.41) is 16.9. The Balaban J connectivity index is 1.22. The lowest BCUT2D eigenvalue weighted by Crippen LogP contribution is -2.49. The smallest absolute Gasteiger partial charge is 0.248 e. The second-order valence-corrected chi connectivity index (χ2v) is 7.93. The van der Waals surface area contributed by atoms with Crippen LogP contribution < -0.4 is 4.74 Å². The van der Waals surface area contributed by atoms with Crippen LogP contribution >= 0.6 is 0 Å². The lowest BCUT2D eigenvalue weighted by Gasteiger charge is -2.34. The van der Waals surface area contributed by atoms with Crippen LogP contribution in [0.5, 0.6) is 11.6 Å². The Morgan fingerprint density at radius 3 is 2.67 bits per heavy atom. The van der Waals surface area contributed by atoms with Crippen molar-refractivity contribution in [1.29, 1.82) is 0 Å². The molecule has 2 N–H and O–H groups in total. The van der Waals surface area contributed by atoms with Crippen LogP contribution in [0.25, 0.3) is 22.2 Å². The van der Waals surface area contributed by atoms with Crippen LogP contribution in [-0.4, -0.2) is 73.8 Å². The summed E-state index contributed by atoms with van der Waals surface area (Å²) in [6.45, 7) is 3.09. The zero-order valence-electron chi connectivity index (χ0n) is 18.0. The molecule has 1 aromatic carbocycles. The van der Waals surface area contributed by atoms with E-state index in [1.54, 1.807) is 17.3 Å². The van der Waals surface area contributed by atoms with Gasteiger partial charge in [-0.2, -0.15) is 5.10 Å². The van der Waals surface area contributed by atoms with Gasteiger partial charge in [0.05, 0.1) is 16.9 Å². The minimum Gasteiger partial charge on any atom is -0.439 e. The van der Waals surface area contributed by atoms with Crippen molar-refractivity contribution >= 4 is 16.8 Å². The molecule has 4 aromatic rings. The highest BCUT2D eigenvalue weighted by molar-refractivity contribution is 5.80. The molecule has 168 valence electrons. The number of amides is 1. The fraction of sp³-hybridized carbons (Fsp3) is 0.250. The SMILES string of the molecule is O=C(CO)N1CCN(Cc2ccc3cc(Oc4ccc(-c5ccn[nH]5)cn4)ccc3n2)CC1. The summed E-state index contributed by atoms with van der Waals surface area (Å²) in [4.78, 5) is 24.7. The number of rotatable bonds is 6. The average molecular weight is 444 g/mol. The molecule has 1 amide bonds. The summed E-state index contributed by atoms with van der Waals surface area (Å²) < 4.78 is 5.93. The molecule has 1 aliphatic rings. The number of H-pyrrole nitrogens is 1. The van der Waals surface area contributed by atoms with Crippen molar-refractivity contribution in [3.8, 4) is 22.9 Å². The maximum absolute atomic E-state index is 11.6. The fourth-order valence-corrected chi connectivity index (χ4v) is 3.92. The maximum atomic E-state index is 11.6. The summed E-state index contributed by atoms with van der Waals surface area (Å²) in [6.07, 6.45) is 3.45. The van der Waals surface area contributed by atoms with E-state index in [4.69, 9.17) is 14.8 Å². The number of nitrogens with zero attached hydrogens (tertiary/aromatic N) is 5. The van der Waals surface area contributed by atoms with Gasteiger partial charge in [0, 0.05) is 62.1 Å². The van der Waals surface area contributed by atoms with Crippen molar-refractivity contribution in [3.63, 3.8) is 0 Å². The highest BCUT2D eigenvalue weighted by atomic mass is 16.5. The summed E-state index contributed by atoms with van der Waals surface area (Å²) >= 11 is 0. The monoisotopic (exact) mass is 444 g/mol.